The number of carbonyl (C=O) groups excluding carboxylic acids is 1. The molecular formula is C28H29N3O3. The van der Waals surface area contributed by atoms with Crippen molar-refractivity contribution in [2.75, 3.05) is 19.8 Å². The minimum absolute atomic E-state index is 0.167. The van der Waals surface area contributed by atoms with E-state index in [1.807, 2.05) is 91.9 Å². The van der Waals surface area contributed by atoms with Gasteiger partial charge in [0.05, 0.1) is 31.1 Å². The van der Waals surface area contributed by atoms with Gasteiger partial charge < -0.3 is 14.8 Å². The summed E-state index contributed by atoms with van der Waals surface area (Å²) < 4.78 is 12.7. The Morgan fingerprint density at radius 1 is 0.882 bits per heavy atom. The maximum Gasteiger partial charge on any atom is 0.255 e. The van der Waals surface area contributed by atoms with Crippen LogP contribution in [0.5, 0.6) is 0 Å². The zero-order valence-electron chi connectivity index (χ0n) is 19.3. The molecule has 1 heterocycles. The van der Waals surface area contributed by atoms with Gasteiger partial charge in [0, 0.05) is 24.9 Å². The third-order valence-electron chi connectivity index (χ3n) is 5.32. The van der Waals surface area contributed by atoms with Crippen molar-refractivity contribution >= 4 is 5.91 Å². The largest absolute Gasteiger partial charge is 0.379 e. The van der Waals surface area contributed by atoms with Crippen molar-refractivity contribution in [1.29, 1.82) is 0 Å². The summed E-state index contributed by atoms with van der Waals surface area (Å²) >= 11 is 0. The Labute approximate surface area is 200 Å². The Balaban J connectivity index is 1.47. The molecule has 1 amide bonds. The minimum atomic E-state index is -0.167. The molecule has 1 N–H and O–H groups in total. The monoisotopic (exact) mass is 455 g/mol. The lowest BCUT2D eigenvalue weighted by molar-refractivity contribution is 0.0453. The highest BCUT2D eigenvalue weighted by Crippen LogP contribution is 2.23. The second-order valence-corrected chi connectivity index (χ2v) is 7.79. The highest BCUT2D eigenvalue weighted by molar-refractivity contribution is 5.99. The van der Waals surface area contributed by atoms with Crippen LogP contribution in [0.15, 0.2) is 91.1 Å². The zero-order chi connectivity index (χ0) is 23.6. The fraction of sp³-hybridized carbons (Fsp3) is 0.214. The topological polar surface area (TPSA) is 65.4 Å². The molecule has 34 heavy (non-hydrogen) atoms. The fourth-order valence-electron chi connectivity index (χ4n) is 3.62. The Kier molecular flexibility index (Phi) is 8.22. The summed E-state index contributed by atoms with van der Waals surface area (Å²) in [5, 5.41) is 7.77. The standard InChI is InChI=1S/C28H29N3O3/c1-2-33-16-17-34-21-23-11-9-10-22(18-23)19-29-28(32)26-20-31(25-14-7-4-8-15-25)30-27(26)24-12-5-3-6-13-24/h3-15,18,20H,2,16-17,19,21H2,1H3,(H,29,32). The third-order valence-corrected chi connectivity index (χ3v) is 5.32. The zero-order valence-corrected chi connectivity index (χ0v) is 19.3. The van der Waals surface area contributed by atoms with Gasteiger partial charge in [-0.2, -0.15) is 5.10 Å². The predicted octanol–water partition coefficient (Wildman–Crippen LogP) is 5.02. The lowest BCUT2D eigenvalue weighted by Crippen LogP contribution is -2.23. The first-order valence-electron chi connectivity index (χ1n) is 11.5. The number of carbonyl (C=O) groups is 1. The second-order valence-electron chi connectivity index (χ2n) is 7.79. The number of nitrogens with zero attached hydrogens (tertiary/aromatic N) is 2. The van der Waals surface area contributed by atoms with E-state index < -0.39 is 0 Å². The maximum atomic E-state index is 13.2. The Morgan fingerprint density at radius 2 is 1.59 bits per heavy atom. The molecule has 174 valence electrons. The van der Waals surface area contributed by atoms with E-state index in [1.165, 1.54) is 0 Å². The summed E-state index contributed by atoms with van der Waals surface area (Å²) in [6.45, 7) is 4.73. The summed E-state index contributed by atoms with van der Waals surface area (Å²) in [6.07, 6.45) is 1.79. The second kappa shape index (κ2) is 11.9. The fourth-order valence-corrected chi connectivity index (χ4v) is 3.62. The predicted molar refractivity (Wildman–Crippen MR) is 133 cm³/mol. The van der Waals surface area contributed by atoms with E-state index in [0.29, 0.717) is 44.2 Å². The molecule has 0 atom stereocenters. The Bertz CT molecular complexity index is 1190. The van der Waals surface area contributed by atoms with Gasteiger partial charge in [0.15, 0.2) is 0 Å². The molecule has 0 unspecified atom stereocenters. The van der Waals surface area contributed by atoms with Gasteiger partial charge >= 0.3 is 0 Å². The van der Waals surface area contributed by atoms with Crippen LogP contribution in [0.2, 0.25) is 0 Å². The first-order chi connectivity index (χ1) is 16.7. The summed E-state index contributed by atoms with van der Waals surface area (Å²) in [4.78, 5) is 13.2. The van der Waals surface area contributed by atoms with Gasteiger partial charge in [0.1, 0.15) is 5.69 Å². The smallest absolute Gasteiger partial charge is 0.255 e. The summed E-state index contributed by atoms with van der Waals surface area (Å²) in [7, 11) is 0. The highest BCUT2D eigenvalue weighted by Gasteiger charge is 2.18. The van der Waals surface area contributed by atoms with Crippen LogP contribution in [0.4, 0.5) is 0 Å². The average Bonchev–Trinajstić information content (AvgIpc) is 3.34. The van der Waals surface area contributed by atoms with Gasteiger partial charge in [0.2, 0.25) is 0 Å². The third kappa shape index (κ3) is 6.19. The Morgan fingerprint density at radius 3 is 2.35 bits per heavy atom. The van der Waals surface area contributed by atoms with Crippen LogP contribution in [-0.2, 0) is 22.6 Å². The number of hydrogen-bond acceptors (Lipinski definition) is 4. The molecule has 4 rings (SSSR count). The summed E-state index contributed by atoms with van der Waals surface area (Å²) in [5.74, 6) is -0.167. The van der Waals surface area contributed by atoms with Gasteiger partial charge in [-0.3, -0.25) is 4.79 Å². The van der Waals surface area contributed by atoms with E-state index in [4.69, 9.17) is 14.6 Å². The van der Waals surface area contributed by atoms with Crippen LogP contribution in [-0.4, -0.2) is 35.5 Å². The van der Waals surface area contributed by atoms with Crippen molar-refractivity contribution in [3.63, 3.8) is 0 Å². The lowest BCUT2D eigenvalue weighted by Gasteiger charge is -2.08. The van der Waals surface area contributed by atoms with E-state index in [-0.39, 0.29) is 5.91 Å². The maximum absolute atomic E-state index is 13.2. The number of para-hydroxylation sites is 1. The SMILES string of the molecule is CCOCCOCc1cccc(CNC(=O)c2cn(-c3ccccc3)nc2-c2ccccc2)c1. The van der Waals surface area contributed by atoms with E-state index in [9.17, 15) is 4.79 Å². The lowest BCUT2D eigenvalue weighted by atomic mass is 10.1. The molecule has 1 aromatic heterocycles. The molecule has 4 aromatic rings. The van der Waals surface area contributed by atoms with Crippen molar-refractivity contribution in [1.82, 2.24) is 15.1 Å². The molecule has 0 fully saturated rings. The van der Waals surface area contributed by atoms with Gasteiger partial charge in [-0.05, 0) is 30.2 Å². The highest BCUT2D eigenvalue weighted by atomic mass is 16.5. The molecule has 3 aromatic carbocycles. The molecule has 0 aliphatic heterocycles. The Hall–Kier alpha value is -3.74. The number of hydrogen-bond donors (Lipinski definition) is 1. The molecule has 0 aliphatic carbocycles. The first-order valence-corrected chi connectivity index (χ1v) is 11.5. The van der Waals surface area contributed by atoms with E-state index in [0.717, 1.165) is 22.4 Å². The van der Waals surface area contributed by atoms with E-state index in [1.54, 1.807) is 10.9 Å². The van der Waals surface area contributed by atoms with Crippen molar-refractivity contribution in [2.45, 2.75) is 20.1 Å². The van der Waals surface area contributed by atoms with Crippen LogP contribution >= 0.6 is 0 Å². The van der Waals surface area contributed by atoms with Gasteiger partial charge in [-0.1, -0.05) is 72.8 Å². The number of rotatable bonds is 11. The van der Waals surface area contributed by atoms with Gasteiger partial charge in [0.25, 0.3) is 5.91 Å². The summed E-state index contributed by atoms with van der Waals surface area (Å²) in [5.41, 5.74) is 5.05. The quantitative estimate of drug-likeness (QED) is 0.323. The summed E-state index contributed by atoms with van der Waals surface area (Å²) in [6, 6.07) is 27.6. The normalized spacial score (nSPS) is 10.9. The first kappa shape index (κ1) is 23.4. The van der Waals surface area contributed by atoms with Gasteiger partial charge in [-0.25, -0.2) is 4.68 Å². The van der Waals surface area contributed by atoms with E-state index >= 15 is 0 Å². The number of amides is 1. The van der Waals surface area contributed by atoms with Crippen LogP contribution in [0.3, 0.4) is 0 Å². The number of ether oxygens (including phenoxy) is 2. The average molecular weight is 456 g/mol. The molecule has 0 aliphatic rings. The van der Waals surface area contributed by atoms with Crippen LogP contribution < -0.4 is 5.32 Å². The number of benzene rings is 3. The van der Waals surface area contributed by atoms with Crippen LogP contribution in [0.1, 0.15) is 28.4 Å². The van der Waals surface area contributed by atoms with Gasteiger partial charge in [-0.15, -0.1) is 0 Å². The molecule has 6 nitrogen and oxygen atoms in total. The molecule has 0 spiro atoms. The molecule has 6 heteroatoms. The number of aromatic nitrogens is 2. The molecule has 0 saturated heterocycles. The van der Waals surface area contributed by atoms with Crippen molar-refractivity contribution in [3.05, 3.63) is 108 Å². The van der Waals surface area contributed by atoms with Crippen molar-refractivity contribution in [3.8, 4) is 16.9 Å². The molecule has 0 saturated carbocycles. The van der Waals surface area contributed by atoms with Crippen LogP contribution in [0.25, 0.3) is 16.9 Å². The molecule has 0 bridgehead atoms. The molecule has 0 radical (unpaired) electrons. The van der Waals surface area contributed by atoms with Crippen molar-refractivity contribution < 1.29 is 14.3 Å². The van der Waals surface area contributed by atoms with E-state index in [2.05, 4.69) is 5.32 Å². The van der Waals surface area contributed by atoms with Crippen LogP contribution in [0, 0.1) is 0 Å². The molecular weight excluding hydrogens is 426 g/mol. The van der Waals surface area contributed by atoms with Crippen molar-refractivity contribution in [2.24, 2.45) is 0 Å². The minimum Gasteiger partial charge on any atom is -0.379 e. The number of nitrogens with one attached hydrogen (secondary N) is 1.